The number of hydrogen-bond acceptors (Lipinski definition) is 7. The molecule has 9 nitrogen and oxygen atoms in total. The van der Waals surface area contributed by atoms with Crippen LogP contribution in [0.25, 0.3) is 0 Å². The van der Waals surface area contributed by atoms with Crippen LogP contribution in [0.4, 0.5) is 10.7 Å². The maximum absolute atomic E-state index is 12.9. The molecule has 2 amide bonds. The van der Waals surface area contributed by atoms with Crippen LogP contribution in [0.5, 0.6) is 0 Å². The molecule has 0 saturated heterocycles. The van der Waals surface area contributed by atoms with Gasteiger partial charge in [-0.25, -0.2) is 17.5 Å². The zero-order chi connectivity index (χ0) is 25.8. The minimum atomic E-state index is -3.64. The summed E-state index contributed by atoms with van der Waals surface area (Å²) >= 11 is 0.955. The highest BCUT2D eigenvalue weighted by Gasteiger charge is 2.27. The second-order valence-electron chi connectivity index (χ2n) is 7.57. The SMILES string of the molecule is CCOC(=O)c1c(NC(=O)c2ccc(S(=O)(=O)N(C)C)cc2)sc(C(=O)Nc2ccccc2)c1C. The van der Waals surface area contributed by atoms with Crippen molar-refractivity contribution in [2.45, 2.75) is 18.7 Å². The van der Waals surface area contributed by atoms with Crippen LogP contribution in [0.15, 0.2) is 59.5 Å². The molecule has 11 heteroatoms. The number of para-hydroxylation sites is 1. The average Bonchev–Trinajstić information content (AvgIpc) is 3.15. The Labute approximate surface area is 207 Å². The molecule has 0 unspecified atom stereocenters. The highest BCUT2D eigenvalue weighted by molar-refractivity contribution is 7.89. The molecule has 3 aromatic rings. The van der Waals surface area contributed by atoms with Gasteiger partial charge in [-0.1, -0.05) is 18.2 Å². The molecule has 35 heavy (non-hydrogen) atoms. The number of carbonyl (C=O) groups is 3. The number of hydrogen-bond donors (Lipinski definition) is 2. The number of rotatable bonds is 8. The van der Waals surface area contributed by atoms with Crippen molar-refractivity contribution < 1.29 is 27.5 Å². The van der Waals surface area contributed by atoms with Gasteiger partial charge in [0.05, 0.1) is 21.9 Å². The van der Waals surface area contributed by atoms with Gasteiger partial charge in [0, 0.05) is 25.3 Å². The molecule has 184 valence electrons. The van der Waals surface area contributed by atoms with Crippen molar-refractivity contribution in [3.63, 3.8) is 0 Å². The van der Waals surface area contributed by atoms with Crippen LogP contribution < -0.4 is 10.6 Å². The van der Waals surface area contributed by atoms with Crippen molar-refractivity contribution in [1.82, 2.24) is 4.31 Å². The minimum absolute atomic E-state index is 0.0399. The van der Waals surface area contributed by atoms with E-state index in [1.54, 1.807) is 38.1 Å². The summed E-state index contributed by atoms with van der Waals surface area (Å²) in [7, 11) is -0.814. The normalized spacial score (nSPS) is 11.2. The molecule has 2 N–H and O–H groups in total. The zero-order valence-electron chi connectivity index (χ0n) is 19.6. The van der Waals surface area contributed by atoms with Crippen LogP contribution in [0.2, 0.25) is 0 Å². The maximum atomic E-state index is 12.9. The van der Waals surface area contributed by atoms with Crippen LogP contribution in [0.3, 0.4) is 0 Å². The molecule has 1 aromatic heterocycles. The van der Waals surface area contributed by atoms with Gasteiger partial charge in [0.2, 0.25) is 10.0 Å². The number of ether oxygens (including phenoxy) is 1. The highest BCUT2D eigenvalue weighted by atomic mass is 32.2. The van der Waals surface area contributed by atoms with Crippen molar-refractivity contribution in [1.29, 1.82) is 0 Å². The lowest BCUT2D eigenvalue weighted by Crippen LogP contribution is -2.22. The van der Waals surface area contributed by atoms with Crippen LogP contribution in [0, 0.1) is 6.92 Å². The smallest absolute Gasteiger partial charge is 0.341 e. The first-order valence-electron chi connectivity index (χ1n) is 10.6. The lowest BCUT2D eigenvalue weighted by atomic mass is 10.1. The van der Waals surface area contributed by atoms with E-state index in [-0.39, 0.29) is 32.5 Å². The van der Waals surface area contributed by atoms with Gasteiger partial charge in [-0.05, 0) is 55.8 Å². The third-order valence-electron chi connectivity index (χ3n) is 4.99. The van der Waals surface area contributed by atoms with Crippen molar-refractivity contribution in [3.8, 4) is 0 Å². The molecule has 0 spiro atoms. The molecule has 0 aliphatic carbocycles. The first-order chi connectivity index (χ1) is 16.6. The number of carbonyl (C=O) groups excluding carboxylic acids is 3. The number of amides is 2. The fourth-order valence-electron chi connectivity index (χ4n) is 3.14. The summed E-state index contributed by atoms with van der Waals surface area (Å²) in [6, 6.07) is 14.2. The molecule has 0 fully saturated rings. The van der Waals surface area contributed by atoms with Gasteiger partial charge in [0.25, 0.3) is 11.8 Å². The van der Waals surface area contributed by atoms with Gasteiger partial charge in [-0.3, -0.25) is 9.59 Å². The van der Waals surface area contributed by atoms with Crippen LogP contribution >= 0.6 is 11.3 Å². The lowest BCUT2D eigenvalue weighted by molar-refractivity contribution is 0.0527. The zero-order valence-corrected chi connectivity index (χ0v) is 21.2. The van der Waals surface area contributed by atoms with Gasteiger partial charge < -0.3 is 15.4 Å². The molecular weight excluding hydrogens is 490 g/mol. The van der Waals surface area contributed by atoms with E-state index in [0.29, 0.717) is 11.3 Å². The van der Waals surface area contributed by atoms with Gasteiger partial charge in [-0.15, -0.1) is 11.3 Å². The second-order valence-corrected chi connectivity index (χ2v) is 10.7. The summed E-state index contributed by atoms with van der Waals surface area (Å²) in [6.07, 6.45) is 0. The monoisotopic (exact) mass is 515 g/mol. The summed E-state index contributed by atoms with van der Waals surface area (Å²) in [6.45, 7) is 3.39. The standard InChI is InChI=1S/C24H25N3O6S2/c1-5-33-24(30)19-15(2)20(22(29)25-17-9-7-6-8-10-17)34-23(19)26-21(28)16-11-13-18(14-12-16)35(31,32)27(3)4/h6-14H,5H2,1-4H3,(H,25,29)(H,26,28). The van der Waals surface area contributed by atoms with Gasteiger partial charge in [0.15, 0.2) is 0 Å². The van der Waals surface area contributed by atoms with Crippen molar-refractivity contribution in [2.24, 2.45) is 0 Å². The molecule has 0 saturated carbocycles. The van der Waals surface area contributed by atoms with E-state index in [0.717, 1.165) is 15.6 Å². The maximum Gasteiger partial charge on any atom is 0.341 e. The van der Waals surface area contributed by atoms with Gasteiger partial charge >= 0.3 is 5.97 Å². The topological polar surface area (TPSA) is 122 Å². The average molecular weight is 516 g/mol. The van der Waals surface area contributed by atoms with Crippen LogP contribution in [-0.2, 0) is 14.8 Å². The van der Waals surface area contributed by atoms with Crippen molar-refractivity contribution in [2.75, 3.05) is 31.3 Å². The summed E-state index contributed by atoms with van der Waals surface area (Å²) in [5, 5.41) is 5.60. The van der Waals surface area contributed by atoms with E-state index in [4.69, 9.17) is 4.74 Å². The van der Waals surface area contributed by atoms with Crippen LogP contribution in [0.1, 0.15) is 42.9 Å². The number of nitrogens with zero attached hydrogens (tertiary/aromatic N) is 1. The summed E-state index contributed by atoms with van der Waals surface area (Å²) in [5.41, 5.74) is 1.24. The van der Waals surface area contributed by atoms with E-state index in [2.05, 4.69) is 10.6 Å². The van der Waals surface area contributed by atoms with E-state index in [1.807, 2.05) is 6.07 Å². The van der Waals surface area contributed by atoms with E-state index >= 15 is 0 Å². The Hall–Kier alpha value is -3.54. The fraction of sp³-hybridized carbons (Fsp3) is 0.208. The lowest BCUT2D eigenvalue weighted by Gasteiger charge is -2.11. The Morgan fingerprint density at radius 1 is 0.943 bits per heavy atom. The largest absolute Gasteiger partial charge is 0.462 e. The predicted octanol–water partition coefficient (Wildman–Crippen LogP) is 3.99. The van der Waals surface area contributed by atoms with E-state index in [9.17, 15) is 22.8 Å². The molecule has 0 aliphatic heterocycles. The predicted molar refractivity (Wildman–Crippen MR) is 135 cm³/mol. The quantitative estimate of drug-likeness (QED) is 0.438. The summed E-state index contributed by atoms with van der Waals surface area (Å²) < 4.78 is 30.7. The Bertz CT molecular complexity index is 1350. The van der Waals surface area contributed by atoms with E-state index in [1.165, 1.54) is 38.4 Å². The summed E-state index contributed by atoms with van der Waals surface area (Å²) in [5.74, 6) is -1.66. The summed E-state index contributed by atoms with van der Waals surface area (Å²) in [4.78, 5) is 38.7. The molecule has 0 bridgehead atoms. The highest BCUT2D eigenvalue weighted by Crippen LogP contribution is 2.34. The number of sulfonamides is 1. The third kappa shape index (κ3) is 5.76. The number of benzene rings is 2. The van der Waals surface area contributed by atoms with Gasteiger partial charge in [-0.2, -0.15) is 0 Å². The molecular formula is C24H25N3O6S2. The molecule has 3 rings (SSSR count). The number of anilines is 2. The Kier molecular flexibility index (Phi) is 8.05. The first-order valence-corrected chi connectivity index (χ1v) is 12.8. The second kappa shape index (κ2) is 10.8. The molecule has 0 radical (unpaired) electrons. The van der Waals surface area contributed by atoms with E-state index < -0.39 is 27.8 Å². The molecule has 2 aromatic carbocycles. The number of esters is 1. The molecule has 1 heterocycles. The number of thiophene rings is 1. The number of nitrogens with one attached hydrogen (secondary N) is 2. The third-order valence-corrected chi connectivity index (χ3v) is 8.02. The van der Waals surface area contributed by atoms with Crippen LogP contribution in [-0.4, -0.2) is 51.2 Å². The Morgan fingerprint density at radius 3 is 2.14 bits per heavy atom. The van der Waals surface area contributed by atoms with Gasteiger partial charge in [0.1, 0.15) is 5.00 Å². The molecule has 0 aliphatic rings. The fourth-order valence-corrected chi connectivity index (χ4v) is 5.13. The minimum Gasteiger partial charge on any atom is -0.462 e. The van der Waals surface area contributed by atoms with Crippen molar-refractivity contribution >= 4 is 49.8 Å². The van der Waals surface area contributed by atoms with Crippen molar-refractivity contribution in [3.05, 3.63) is 76.2 Å². The molecule has 0 atom stereocenters. The Morgan fingerprint density at radius 2 is 1.57 bits per heavy atom. The Balaban J connectivity index is 1.91. The first kappa shape index (κ1) is 26.1.